The number of thiophene rings is 1. The highest BCUT2D eigenvalue weighted by Crippen LogP contribution is 2.34. The number of anilines is 1. The van der Waals surface area contributed by atoms with Crippen LogP contribution in [-0.2, 0) is 10.0 Å². The fraction of sp³-hybridized carbons (Fsp3) is 0.318. The predicted octanol–water partition coefficient (Wildman–Crippen LogP) is 5.97. The Hall–Kier alpha value is -2.38. The van der Waals surface area contributed by atoms with Crippen LogP contribution in [0.2, 0.25) is 0 Å². The number of amides is 2. The minimum atomic E-state index is -3.96. The Morgan fingerprint density at radius 3 is 2.10 bits per heavy atom. The summed E-state index contributed by atoms with van der Waals surface area (Å²) in [5, 5.41) is 3.64. The molecule has 0 spiro atoms. The summed E-state index contributed by atoms with van der Waals surface area (Å²) >= 11 is 1.14. The zero-order valence-electron chi connectivity index (χ0n) is 17.2. The molecule has 0 saturated heterocycles. The lowest BCUT2D eigenvalue weighted by Crippen LogP contribution is -2.34. The molecule has 1 aromatic heterocycles. The lowest BCUT2D eigenvalue weighted by Gasteiger charge is -2.21. The topological polar surface area (TPSA) is 75.3 Å². The van der Waals surface area contributed by atoms with Gasteiger partial charge in [-0.25, -0.2) is 17.9 Å². The van der Waals surface area contributed by atoms with Gasteiger partial charge in [0, 0.05) is 10.4 Å². The molecule has 0 aliphatic heterocycles. The van der Waals surface area contributed by atoms with E-state index in [2.05, 4.69) is 37.7 Å². The van der Waals surface area contributed by atoms with E-state index < -0.39 is 16.1 Å². The van der Waals surface area contributed by atoms with E-state index >= 15 is 0 Å². The second-order valence-corrected chi connectivity index (χ2v) is 10.8. The van der Waals surface area contributed by atoms with Gasteiger partial charge in [0.05, 0.1) is 0 Å². The lowest BCUT2D eigenvalue weighted by atomic mass is 9.90. The number of benzene rings is 2. The van der Waals surface area contributed by atoms with E-state index in [0.717, 1.165) is 38.1 Å². The molecule has 1 heterocycles. The van der Waals surface area contributed by atoms with E-state index in [-0.39, 0.29) is 16.0 Å². The maximum absolute atomic E-state index is 12.7. The van der Waals surface area contributed by atoms with Crippen LogP contribution in [0.3, 0.4) is 0 Å². The maximum Gasteiger partial charge on any atom is 0.333 e. The number of carbonyl (C=O) groups is 1. The molecule has 0 bridgehead atoms. The summed E-state index contributed by atoms with van der Waals surface area (Å²) in [4.78, 5) is 12.7. The highest BCUT2D eigenvalue weighted by atomic mass is 32.2. The normalized spacial score (nSPS) is 12.0. The van der Waals surface area contributed by atoms with E-state index in [4.69, 9.17) is 0 Å². The van der Waals surface area contributed by atoms with Crippen LogP contribution in [0.25, 0.3) is 10.1 Å². The second kappa shape index (κ2) is 8.16. The number of sulfonamides is 1. The molecule has 154 valence electrons. The van der Waals surface area contributed by atoms with Crippen molar-refractivity contribution in [2.45, 2.75) is 50.7 Å². The maximum atomic E-state index is 12.7. The van der Waals surface area contributed by atoms with E-state index in [1.54, 1.807) is 6.07 Å². The van der Waals surface area contributed by atoms with Crippen LogP contribution in [0.15, 0.2) is 46.7 Å². The quantitative estimate of drug-likeness (QED) is 0.524. The largest absolute Gasteiger partial charge is 0.333 e. The van der Waals surface area contributed by atoms with Crippen molar-refractivity contribution in [1.29, 1.82) is 0 Å². The zero-order chi connectivity index (χ0) is 21.3. The molecule has 0 fully saturated rings. The van der Waals surface area contributed by atoms with E-state index in [1.165, 1.54) is 0 Å². The van der Waals surface area contributed by atoms with Gasteiger partial charge in [-0.3, -0.25) is 0 Å². The summed E-state index contributed by atoms with van der Waals surface area (Å²) in [6, 6.07) is 12.3. The van der Waals surface area contributed by atoms with Crippen molar-refractivity contribution in [2.75, 3.05) is 5.32 Å². The third-order valence-electron chi connectivity index (χ3n) is 4.72. The van der Waals surface area contributed by atoms with Gasteiger partial charge < -0.3 is 5.32 Å². The monoisotopic (exact) mass is 430 g/mol. The zero-order valence-corrected chi connectivity index (χ0v) is 18.9. The fourth-order valence-electron chi connectivity index (χ4n) is 3.30. The van der Waals surface area contributed by atoms with Crippen molar-refractivity contribution in [3.8, 4) is 0 Å². The summed E-state index contributed by atoms with van der Waals surface area (Å²) < 4.78 is 28.6. The van der Waals surface area contributed by atoms with Crippen LogP contribution in [0.5, 0.6) is 0 Å². The number of nitrogens with one attached hydrogen (secondary N) is 2. The molecule has 2 N–H and O–H groups in total. The van der Waals surface area contributed by atoms with Gasteiger partial charge >= 0.3 is 6.03 Å². The second-order valence-electron chi connectivity index (χ2n) is 7.79. The van der Waals surface area contributed by atoms with Crippen LogP contribution in [0, 0.1) is 6.92 Å². The van der Waals surface area contributed by atoms with Crippen LogP contribution < -0.4 is 10.0 Å². The molecule has 0 atom stereocenters. The summed E-state index contributed by atoms with van der Waals surface area (Å²) in [7, 11) is -3.96. The molecule has 7 heteroatoms. The molecule has 2 amide bonds. The number of carbonyl (C=O) groups excluding carboxylic acids is 1. The van der Waals surface area contributed by atoms with Gasteiger partial charge in [0.25, 0.3) is 10.0 Å². The summed E-state index contributed by atoms with van der Waals surface area (Å²) in [5.41, 5.74) is 3.78. The number of fused-ring (bicyclic) bond motifs is 1. The number of hydrogen-bond acceptors (Lipinski definition) is 4. The van der Waals surface area contributed by atoms with E-state index in [9.17, 15) is 13.2 Å². The Bertz CT molecular complexity index is 1100. The minimum Gasteiger partial charge on any atom is -0.307 e. The molecule has 0 saturated carbocycles. The summed E-state index contributed by atoms with van der Waals surface area (Å²) in [6.07, 6.45) is 0. The smallest absolute Gasteiger partial charge is 0.307 e. The molecule has 0 unspecified atom stereocenters. The molecule has 2 aromatic carbocycles. The molecule has 3 aromatic rings. The van der Waals surface area contributed by atoms with Crippen LogP contribution in [0.1, 0.15) is 56.2 Å². The molecule has 0 radical (unpaired) electrons. The third-order valence-corrected chi connectivity index (χ3v) is 7.64. The fourth-order valence-corrected chi connectivity index (χ4v) is 5.60. The standard InChI is InChI=1S/C22H26N2O3S2/c1-13(2)17-10-15(5)11-18(14(3)4)21(17)23-22(25)24-29(26,27)20-12-16-8-6-7-9-19(16)28-20/h6-14H,1-5H3,(H2,23,24,25). The van der Waals surface area contributed by atoms with Gasteiger partial charge in [-0.05, 0) is 47.4 Å². The molecule has 3 rings (SSSR count). The highest BCUT2D eigenvalue weighted by Gasteiger charge is 2.23. The van der Waals surface area contributed by atoms with Gasteiger partial charge in [0.1, 0.15) is 4.21 Å². The Labute approximate surface area is 176 Å². The highest BCUT2D eigenvalue weighted by molar-refractivity contribution is 7.92. The SMILES string of the molecule is Cc1cc(C(C)C)c(NC(=O)NS(=O)(=O)c2cc3ccccc3s2)c(C(C)C)c1. The van der Waals surface area contributed by atoms with E-state index in [1.807, 2.05) is 43.3 Å². The van der Waals surface area contributed by atoms with Crippen LogP contribution in [-0.4, -0.2) is 14.4 Å². The molecule has 5 nitrogen and oxygen atoms in total. The molecule has 29 heavy (non-hydrogen) atoms. The third kappa shape index (κ3) is 4.62. The first-order chi connectivity index (χ1) is 13.6. The number of aryl methyl sites for hydroxylation is 1. The van der Waals surface area contributed by atoms with Crippen molar-refractivity contribution in [1.82, 2.24) is 4.72 Å². The Kier molecular flexibility index (Phi) is 6.00. The number of hydrogen-bond donors (Lipinski definition) is 2. The number of urea groups is 1. The Morgan fingerprint density at radius 2 is 1.55 bits per heavy atom. The Morgan fingerprint density at radius 1 is 0.966 bits per heavy atom. The van der Waals surface area contributed by atoms with Crippen molar-refractivity contribution in [3.05, 3.63) is 59.2 Å². The summed E-state index contributed by atoms with van der Waals surface area (Å²) in [6.45, 7) is 10.2. The lowest BCUT2D eigenvalue weighted by molar-refractivity contribution is 0.256. The van der Waals surface area contributed by atoms with Crippen LogP contribution >= 0.6 is 11.3 Å². The van der Waals surface area contributed by atoms with Crippen LogP contribution in [0.4, 0.5) is 10.5 Å². The van der Waals surface area contributed by atoms with E-state index in [0.29, 0.717) is 5.69 Å². The molecular weight excluding hydrogens is 404 g/mol. The molecule has 0 aliphatic carbocycles. The summed E-state index contributed by atoms with van der Waals surface area (Å²) in [5.74, 6) is 0.365. The molecule has 0 aliphatic rings. The Balaban J connectivity index is 1.90. The molecular formula is C22H26N2O3S2. The first kappa shape index (κ1) is 21.3. The van der Waals surface area contributed by atoms with Gasteiger partial charge in [-0.15, -0.1) is 11.3 Å². The average molecular weight is 431 g/mol. The van der Waals surface area contributed by atoms with Gasteiger partial charge in [-0.1, -0.05) is 63.6 Å². The van der Waals surface area contributed by atoms with Crippen molar-refractivity contribution in [2.24, 2.45) is 0 Å². The first-order valence-electron chi connectivity index (χ1n) is 9.55. The minimum absolute atomic E-state index is 0.117. The van der Waals surface area contributed by atoms with Gasteiger partial charge in [-0.2, -0.15) is 0 Å². The van der Waals surface area contributed by atoms with Crippen molar-refractivity contribution in [3.63, 3.8) is 0 Å². The van der Waals surface area contributed by atoms with Crippen molar-refractivity contribution < 1.29 is 13.2 Å². The number of rotatable bonds is 5. The average Bonchev–Trinajstić information content (AvgIpc) is 3.07. The first-order valence-corrected chi connectivity index (χ1v) is 11.8. The van der Waals surface area contributed by atoms with Gasteiger partial charge in [0.15, 0.2) is 0 Å². The van der Waals surface area contributed by atoms with Gasteiger partial charge in [0.2, 0.25) is 0 Å². The predicted molar refractivity (Wildman–Crippen MR) is 121 cm³/mol. The van der Waals surface area contributed by atoms with Crippen molar-refractivity contribution >= 4 is 43.2 Å².